The van der Waals surface area contributed by atoms with Gasteiger partial charge < -0.3 is 15.5 Å². The van der Waals surface area contributed by atoms with E-state index in [1.54, 1.807) is 6.92 Å². The van der Waals surface area contributed by atoms with Crippen molar-refractivity contribution in [3.8, 4) is 0 Å². The van der Waals surface area contributed by atoms with E-state index >= 15 is 0 Å². The number of hydrogen-bond donors (Lipinski definition) is 2. The number of aromatic nitrogens is 2. The number of thiophene rings is 1. The zero-order chi connectivity index (χ0) is 20.8. The maximum absolute atomic E-state index is 12.4. The summed E-state index contributed by atoms with van der Waals surface area (Å²) < 4.78 is 4.77. The Balaban J connectivity index is 2.07. The van der Waals surface area contributed by atoms with Gasteiger partial charge in [0.1, 0.15) is 15.5 Å². The third-order valence-electron chi connectivity index (χ3n) is 4.33. The summed E-state index contributed by atoms with van der Waals surface area (Å²) in [6.07, 6.45) is 3.32. The minimum Gasteiger partial charge on any atom is -0.465 e. The number of carbonyl (C=O) groups excluding carboxylic acids is 1. The molecule has 0 aliphatic heterocycles. The van der Waals surface area contributed by atoms with Crippen LogP contribution in [0.4, 0.5) is 0 Å². The topological polar surface area (TPSA) is 110 Å². The van der Waals surface area contributed by atoms with Crippen molar-refractivity contribution in [1.82, 2.24) is 9.97 Å². The zero-order valence-electron chi connectivity index (χ0n) is 17.0. The van der Waals surface area contributed by atoms with Crippen molar-refractivity contribution in [2.75, 3.05) is 7.11 Å². The number of aromatic amines is 1. The van der Waals surface area contributed by atoms with E-state index in [4.69, 9.17) is 10.5 Å². The Morgan fingerprint density at radius 1 is 1.36 bits per heavy atom. The van der Waals surface area contributed by atoms with Gasteiger partial charge in [-0.25, -0.2) is 9.78 Å². The van der Waals surface area contributed by atoms with Crippen molar-refractivity contribution >= 4 is 44.5 Å². The van der Waals surface area contributed by atoms with Crippen LogP contribution in [0.2, 0.25) is 0 Å². The minimum absolute atomic E-state index is 0.170. The van der Waals surface area contributed by atoms with Gasteiger partial charge in [-0.3, -0.25) is 9.79 Å². The molecule has 0 amide bonds. The van der Waals surface area contributed by atoms with Crippen molar-refractivity contribution in [1.29, 1.82) is 0 Å². The van der Waals surface area contributed by atoms with Gasteiger partial charge in [0, 0.05) is 6.04 Å². The highest BCUT2D eigenvalue weighted by atomic mass is 32.2. The number of aryl methyl sites for hydroxylation is 1. The fraction of sp³-hybridized carbons (Fsp3) is 0.579. The van der Waals surface area contributed by atoms with E-state index in [2.05, 4.69) is 35.7 Å². The van der Waals surface area contributed by atoms with E-state index in [0.29, 0.717) is 43.3 Å². The number of nitrogens with one attached hydrogen (secondary N) is 1. The largest absolute Gasteiger partial charge is 0.465 e. The van der Waals surface area contributed by atoms with Crippen LogP contribution in [0.25, 0.3) is 10.2 Å². The molecule has 0 unspecified atom stereocenters. The Labute approximate surface area is 173 Å². The summed E-state index contributed by atoms with van der Waals surface area (Å²) >= 11 is 2.51. The predicted octanol–water partition coefficient (Wildman–Crippen LogP) is 3.84. The highest BCUT2D eigenvalue weighted by Crippen LogP contribution is 2.27. The average Bonchev–Trinajstić information content (AvgIpc) is 2.96. The molecule has 154 valence electrons. The molecule has 2 aromatic heterocycles. The van der Waals surface area contributed by atoms with Gasteiger partial charge in [0.15, 0.2) is 5.17 Å². The van der Waals surface area contributed by atoms with Gasteiger partial charge in [0.2, 0.25) is 0 Å². The van der Waals surface area contributed by atoms with Crippen molar-refractivity contribution in [3.63, 3.8) is 0 Å². The molecule has 2 aromatic rings. The number of hydrogen-bond acceptors (Lipinski definition) is 7. The fourth-order valence-electron chi connectivity index (χ4n) is 2.83. The maximum atomic E-state index is 12.4. The lowest BCUT2D eigenvalue weighted by atomic mass is 10.0. The normalized spacial score (nSPS) is 13.3. The number of thioether (sulfide) groups is 1. The van der Waals surface area contributed by atoms with E-state index in [0.717, 1.165) is 24.2 Å². The first kappa shape index (κ1) is 22.4. The van der Waals surface area contributed by atoms with Gasteiger partial charge in [-0.05, 0) is 31.7 Å². The average molecular weight is 425 g/mol. The second-order valence-electron chi connectivity index (χ2n) is 7.17. The smallest absolute Gasteiger partial charge is 0.348 e. The van der Waals surface area contributed by atoms with E-state index in [1.807, 2.05) is 0 Å². The summed E-state index contributed by atoms with van der Waals surface area (Å²) in [5.74, 6) is 1.15. The van der Waals surface area contributed by atoms with Crippen LogP contribution in [0.15, 0.2) is 9.79 Å². The molecule has 2 heterocycles. The SMILES string of the molecule is COC(=O)c1sc2nc(CSC(N)=N[C@H](C)CCCC(C)C)[nH]c(=O)c2c1C. The van der Waals surface area contributed by atoms with Crippen molar-refractivity contribution < 1.29 is 9.53 Å². The van der Waals surface area contributed by atoms with Gasteiger partial charge in [-0.1, -0.05) is 38.5 Å². The number of carbonyl (C=O) groups is 1. The van der Waals surface area contributed by atoms with Crippen LogP contribution in [-0.2, 0) is 10.5 Å². The molecule has 28 heavy (non-hydrogen) atoms. The quantitative estimate of drug-likeness (QED) is 0.378. The molecule has 0 radical (unpaired) electrons. The molecule has 0 saturated heterocycles. The van der Waals surface area contributed by atoms with Gasteiger partial charge >= 0.3 is 5.97 Å². The van der Waals surface area contributed by atoms with Gasteiger partial charge in [0.05, 0.1) is 18.2 Å². The Kier molecular flexibility index (Phi) is 8.06. The molecule has 7 nitrogen and oxygen atoms in total. The maximum Gasteiger partial charge on any atom is 0.348 e. The molecule has 0 saturated carbocycles. The third-order valence-corrected chi connectivity index (χ3v) is 6.31. The number of ether oxygens (including phenoxy) is 1. The third kappa shape index (κ3) is 5.81. The number of fused-ring (bicyclic) bond motifs is 1. The van der Waals surface area contributed by atoms with E-state index in [1.165, 1.54) is 25.3 Å². The molecule has 3 N–H and O–H groups in total. The Bertz CT molecular complexity index is 918. The minimum atomic E-state index is -0.460. The van der Waals surface area contributed by atoms with Gasteiger partial charge in [0.25, 0.3) is 5.56 Å². The molecule has 1 atom stereocenters. The monoisotopic (exact) mass is 424 g/mol. The molecule has 2 rings (SSSR count). The summed E-state index contributed by atoms with van der Waals surface area (Å²) in [4.78, 5) is 36.9. The zero-order valence-corrected chi connectivity index (χ0v) is 18.6. The molecule has 0 aliphatic rings. The molecule has 0 bridgehead atoms. The van der Waals surface area contributed by atoms with Crippen LogP contribution in [0.5, 0.6) is 0 Å². The molecule has 9 heteroatoms. The fourth-order valence-corrected chi connectivity index (χ4v) is 4.62. The highest BCUT2D eigenvalue weighted by Gasteiger charge is 2.19. The van der Waals surface area contributed by atoms with E-state index in [9.17, 15) is 9.59 Å². The van der Waals surface area contributed by atoms with E-state index in [-0.39, 0.29) is 11.6 Å². The van der Waals surface area contributed by atoms with Crippen molar-refractivity contribution in [2.24, 2.45) is 16.6 Å². The lowest BCUT2D eigenvalue weighted by Gasteiger charge is -2.09. The van der Waals surface area contributed by atoms with Crippen LogP contribution >= 0.6 is 23.1 Å². The summed E-state index contributed by atoms with van der Waals surface area (Å²) in [6, 6.07) is 0.170. The Morgan fingerprint density at radius 2 is 2.07 bits per heavy atom. The van der Waals surface area contributed by atoms with Crippen LogP contribution in [0.3, 0.4) is 0 Å². The molecule has 0 aliphatic carbocycles. The molecular formula is C19H28N4O3S2. The summed E-state index contributed by atoms with van der Waals surface area (Å²) in [7, 11) is 1.32. The Morgan fingerprint density at radius 3 is 2.71 bits per heavy atom. The van der Waals surface area contributed by atoms with Crippen LogP contribution in [0.1, 0.15) is 61.1 Å². The standard InChI is InChI=1S/C19H28N4O3S2/c1-10(2)7-6-8-11(3)21-19(20)27-9-13-22-16(24)14-12(4)15(18(25)26-5)28-17(14)23-13/h10-11H,6-9H2,1-5H3,(H2,20,21)(H,22,23,24)/t11-/m1/s1. The lowest BCUT2D eigenvalue weighted by molar-refractivity contribution is 0.0605. The van der Waals surface area contributed by atoms with Crippen LogP contribution in [0, 0.1) is 12.8 Å². The summed E-state index contributed by atoms with van der Waals surface area (Å²) in [5.41, 5.74) is 6.36. The first-order chi connectivity index (χ1) is 13.2. The molecule has 0 fully saturated rings. The number of esters is 1. The highest BCUT2D eigenvalue weighted by molar-refractivity contribution is 8.13. The molecular weight excluding hydrogens is 396 g/mol. The van der Waals surface area contributed by atoms with Crippen molar-refractivity contribution in [3.05, 3.63) is 26.6 Å². The number of amidine groups is 1. The summed E-state index contributed by atoms with van der Waals surface area (Å²) in [6.45, 7) is 8.21. The first-order valence-electron chi connectivity index (χ1n) is 9.29. The van der Waals surface area contributed by atoms with E-state index < -0.39 is 5.97 Å². The number of H-pyrrole nitrogens is 1. The van der Waals surface area contributed by atoms with Crippen molar-refractivity contribution in [2.45, 2.75) is 58.8 Å². The van der Waals surface area contributed by atoms with Gasteiger partial charge in [-0.15, -0.1) is 11.3 Å². The van der Waals surface area contributed by atoms with Gasteiger partial charge in [-0.2, -0.15) is 0 Å². The Hall–Kier alpha value is -1.87. The number of nitrogens with zero attached hydrogens (tertiary/aromatic N) is 2. The van der Waals surface area contributed by atoms with Crippen LogP contribution in [-0.4, -0.2) is 34.3 Å². The first-order valence-corrected chi connectivity index (χ1v) is 11.1. The second-order valence-corrected chi connectivity index (χ2v) is 9.17. The predicted molar refractivity (Wildman–Crippen MR) is 117 cm³/mol. The second kappa shape index (κ2) is 10.1. The lowest BCUT2D eigenvalue weighted by Crippen LogP contribution is -2.14. The number of aliphatic imine (C=N–C) groups is 1. The summed E-state index contributed by atoms with van der Waals surface area (Å²) in [5, 5.41) is 0.914. The molecule has 0 aromatic carbocycles. The number of rotatable bonds is 8. The molecule has 0 spiro atoms. The number of nitrogens with two attached hydrogens (primary N) is 1. The van der Waals surface area contributed by atoms with Crippen LogP contribution < -0.4 is 11.3 Å². The number of methoxy groups -OCH3 is 1.